The Morgan fingerprint density at radius 2 is 2.62 bits per heavy atom. The van der Waals surface area contributed by atoms with Crippen LogP contribution < -0.4 is 5.43 Å². The first-order valence-electron chi connectivity index (χ1n) is 2.64. The van der Waals surface area contributed by atoms with Gasteiger partial charge in [-0.25, -0.2) is 0 Å². The molecule has 2 nitrogen and oxygen atoms in total. The van der Waals surface area contributed by atoms with Gasteiger partial charge < -0.3 is 5.43 Å². The molecule has 0 spiro atoms. The van der Waals surface area contributed by atoms with E-state index in [-0.39, 0.29) is 0 Å². The maximum atomic E-state index is 3.89. The molecule has 0 aromatic heterocycles. The summed E-state index contributed by atoms with van der Waals surface area (Å²) in [6, 6.07) is 0. The predicted octanol–water partition coefficient (Wildman–Crippen LogP) is 1.16. The number of rotatable bonds is 0. The van der Waals surface area contributed by atoms with E-state index in [1.807, 2.05) is 6.21 Å². The number of hydrogen-bond acceptors (Lipinski definition) is 2. The predicted molar refractivity (Wildman–Crippen MR) is 43.5 cm³/mol. The number of hydrazone groups is 1. The molecule has 1 atom stereocenters. The van der Waals surface area contributed by atoms with Gasteiger partial charge in [0, 0.05) is 22.6 Å². The zero-order chi connectivity index (χ0) is 6.04. The van der Waals surface area contributed by atoms with Gasteiger partial charge in [-0.05, 0) is 6.92 Å². The Morgan fingerprint density at radius 1 is 1.88 bits per heavy atom. The number of halogens is 1. The second kappa shape index (κ2) is 2.21. The Kier molecular flexibility index (Phi) is 1.74. The van der Waals surface area contributed by atoms with Crippen LogP contribution in [0.25, 0.3) is 0 Å². The standard InChI is InChI=1S/C5H9IN2/c1-5(6)2-3-7-8-4-5/h3,8H,2,4H2,1H3. The highest BCUT2D eigenvalue weighted by Gasteiger charge is 2.20. The first-order valence-corrected chi connectivity index (χ1v) is 3.72. The highest BCUT2D eigenvalue weighted by atomic mass is 127. The van der Waals surface area contributed by atoms with Crippen LogP contribution in [0.5, 0.6) is 0 Å². The van der Waals surface area contributed by atoms with Crippen molar-refractivity contribution in [2.24, 2.45) is 5.10 Å². The molecule has 0 aromatic carbocycles. The molecule has 0 aromatic rings. The summed E-state index contributed by atoms with van der Waals surface area (Å²) in [5.74, 6) is 0. The summed E-state index contributed by atoms with van der Waals surface area (Å²) in [7, 11) is 0. The van der Waals surface area contributed by atoms with Gasteiger partial charge in [0.2, 0.25) is 0 Å². The zero-order valence-electron chi connectivity index (χ0n) is 4.82. The van der Waals surface area contributed by atoms with Gasteiger partial charge in [0.15, 0.2) is 0 Å². The van der Waals surface area contributed by atoms with E-state index < -0.39 is 0 Å². The maximum absolute atomic E-state index is 3.89. The van der Waals surface area contributed by atoms with E-state index in [0.29, 0.717) is 3.42 Å². The fourth-order valence-corrected chi connectivity index (χ4v) is 0.951. The molecule has 1 heterocycles. The summed E-state index contributed by atoms with van der Waals surface area (Å²) in [6.45, 7) is 3.20. The maximum Gasteiger partial charge on any atom is 0.0476 e. The lowest BCUT2D eigenvalue weighted by molar-refractivity contribution is 0.587. The molecule has 0 saturated heterocycles. The molecule has 1 rings (SSSR count). The average molecular weight is 224 g/mol. The molecule has 0 bridgehead atoms. The van der Waals surface area contributed by atoms with Gasteiger partial charge in [-0.2, -0.15) is 5.10 Å². The topological polar surface area (TPSA) is 24.4 Å². The Morgan fingerprint density at radius 3 is 2.88 bits per heavy atom. The first-order chi connectivity index (χ1) is 3.71. The molecule has 3 heteroatoms. The molecular formula is C5H9IN2. The van der Waals surface area contributed by atoms with Crippen molar-refractivity contribution in [2.45, 2.75) is 16.8 Å². The highest BCUT2D eigenvalue weighted by molar-refractivity contribution is 14.1. The molecule has 1 unspecified atom stereocenters. The number of nitrogens with one attached hydrogen (secondary N) is 1. The normalized spacial score (nSPS) is 36.8. The van der Waals surface area contributed by atoms with E-state index in [4.69, 9.17) is 0 Å². The first kappa shape index (κ1) is 6.32. The van der Waals surface area contributed by atoms with Crippen molar-refractivity contribution >= 4 is 28.8 Å². The van der Waals surface area contributed by atoms with Crippen LogP contribution in [0.1, 0.15) is 13.3 Å². The van der Waals surface area contributed by atoms with E-state index in [0.717, 1.165) is 13.0 Å². The third-order valence-electron chi connectivity index (χ3n) is 1.15. The smallest absolute Gasteiger partial charge is 0.0476 e. The lowest BCUT2D eigenvalue weighted by Gasteiger charge is -2.22. The summed E-state index contributed by atoms with van der Waals surface area (Å²) in [5.41, 5.74) is 2.94. The van der Waals surface area contributed by atoms with Gasteiger partial charge in [-0.3, -0.25) is 0 Å². The van der Waals surface area contributed by atoms with E-state index in [9.17, 15) is 0 Å². The van der Waals surface area contributed by atoms with Gasteiger partial charge in [0.1, 0.15) is 0 Å². The highest BCUT2D eigenvalue weighted by Crippen LogP contribution is 2.21. The summed E-state index contributed by atoms with van der Waals surface area (Å²) < 4.78 is 0.388. The van der Waals surface area contributed by atoms with Crippen LogP contribution in [0.4, 0.5) is 0 Å². The van der Waals surface area contributed by atoms with Gasteiger partial charge in [-0.1, -0.05) is 22.6 Å². The Hall–Kier alpha value is 0.200. The van der Waals surface area contributed by atoms with E-state index in [1.165, 1.54) is 0 Å². The fraction of sp³-hybridized carbons (Fsp3) is 0.800. The van der Waals surface area contributed by atoms with Crippen molar-refractivity contribution in [1.29, 1.82) is 0 Å². The molecule has 0 amide bonds. The Balaban J connectivity index is 2.50. The monoisotopic (exact) mass is 224 g/mol. The summed E-state index contributed by atoms with van der Waals surface area (Å²) in [6.07, 6.45) is 3.01. The van der Waals surface area contributed by atoms with Gasteiger partial charge in [-0.15, -0.1) is 0 Å². The molecular weight excluding hydrogens is 215 g/mol. The summed E-state index contributed by atoms with van der Waals surface area (Å²) in [4.78, 5) is 0. The van der Waals surface area contributed by atoms with Crippen molar-refractivity contribution in [2.75, 3.05) is 6.54 Å². The van der Waals surface area contributed by atoms with Crippen LogP contribution in [-0.2, 0) is 0 Å². The Bertz CT molecular complexity index is 109. The van der Waals surface area contributed by atoms with Crippen LogP contribution in [0.15, 0.2) is 5.10 Å². The molecule has 1 aliphatic rings. The molecule has 1 N–H and O–H groups in total. The molecule has 8 heavy (non-hydrogen) atoms. The van der Waals surface area contributed by atoms with Gasteiger partial charge in [0.05, 0.1) is 0 Å². The summed E-state index contributed by atoms with van der Waals surface area (Å²) in [5, 5.41) is 3.89. The molecule has 0 saturated carbocycles. The largest absolute Gasteiger partial charge is 0.309 e. The van der Waals surface area contributed by atoms with E-state index >= 15 is 0 Å². The lowest BCUT2D eigenvalue weighted by Crippen LogP contribution is -2.33. The quantitative estimate of drug-likeness (QED) is 0.484. The zero-order valence-corrected chi connectivity index (χ0v) is 6.97. The average Bonchev–Trinajstić information content (AvgIpc) is 1.65. The fourth-order valence-electron chi connectivity index (χ4n) is 0.583. The number of nitrogens with zero attached hydrogens (tertiary/aromatic N) is 1. The van der Waals surface area contributed by atoms with Crippen molar-refractivity contribution in [3.05, 3.63) is 0 Å². The van der Waals surface area contributed by atoms with Crippen LogP contribution in [0.3, 0.4) is 0 Å². The van der Waals surface area contributed by atoms with Crippen LogP contribution in [-0.4, -0.2) is 16.2 Å². The third kappa shape index (κ3) is 1.61. The van der Waals surface area contributed by atoms with E-state index in [1.54, 1.807) is 0 Å². The third-order valence-corrected chi connectivity index (χ3v) is 1.97. The SMILES string of the molecule is CC1(I)CC=NNC1. The van der Waals surface area contributed by atoms with Gasteiger partial charge in [0.25, 0.3) is 0 Å². The molecule has 0 aliphatic carbocycles. The van der Waals surface area contributed by atoms with Crippen LogP contribution >= 0.6 is 22.6 Å². The van der Waals surface area contributed by atoms with Crippen molar-refractivity contribution in [1.82, 2.24) is 5.43 Å². The number of alkyl halides is 1. The minimum Gasteiger partial charge on any atom is -0.309 e. The van der Waals surface area contributed by atoms with E-state index in [2.05, 4.69) is 40.0 Å². The minimum absolute atomic E-state index is 0.388. The van der Waals surface area contributed by atoms with Crippen LogP contribution in [0, 0.1) is 0 Å². The second-order valence-electron chi connectivity index (χ2n) is 2.26. The molecule has 0 radical (unpaired) electrons. The molecule has 0 fully saturated rings. The Labute approximate surface area is 62.9 Å². The molecule has 1 aliphatic heterocycles. The van der Waals surface area contributed by atoms with Gasteiger partial charge >= 0.3 is 0 Å². The van der Waals surface area contributed by atoms with Crippen molar-refractivity contribution < 1.29 is 0 Å². The second-order valence-corrected chi connectivity index (χ2v) is 4.87. The van der Waals surface area contributed by atoms with Crippen molar-refractivity contribution in [3.8, 4) is 0 Å². The number of hydrogen-bond donors (Lipinski definition) is 1. The van der Waals surface area contributed by atoms with Crippen LogP contribution in [0.2, 0.25) is 0 Å². The summed E-state index contributed by atoms with van der Waals surface area (Å²) >= 11 is 2.44. The lowest BCUT2D eigenvalue weighted by atomic mass is 10.1. The van der Waals surface area contributed by atoms with Crippen molar-refractivity contribution in [3.63, 3.8) is 0 Å². The molecule has 46 valence electrons. The minimum atomic E-state index is 0.388.